The van der Waals surface area contributed by atoms with Gasteiger partial charge in [0, 0.05) is 17.5 Å². The van der Waals surface area contributed by atoms with Crippen LogP contribution in [0, 0.1) is 0 Å². The van der Waals surface area contributed by atoms with Crippen molar-refractivity contribution >= 4 is 39.2 Å². The van der Waals surface area contributed by atoms with Gasteiger partial charge in [0.2, 0.25) is 0 Å². The number of benzene rings is 2. The van der Waals surface area contributed by atoms with Crippen LogP contribution in [-0.2, 0) is 7.05 Å². The van der Waals surface area contributed by atoms with Gasteiger partial charge in [-0.3, -0.25) is 4.79 Å². The predicted molar refractivity (Wildman–Crippen MR) is 100 cm³/mol. The Morgan fingerprint density at radius 2 is 2.08 bits per heavy atom. The number of aromatic nitrogens is 1. The highest BCUT2D eigenvalue weighted by atomic mass is 32.2. The molecule has 2 aromatic carbocycles. The van der Waals surface area contributed by atoms with Crippen LogP contribution in [0.2, 0.25) is 0 Å². The fourth-order valence-corrected chi connectivity index (χ4v) is 3.95. The Morgan fingerprint density at radius 3 is 2.83 bits per heavy atom. The molecule has 0 atom stereocenters. The van der Waals surface area contributed by atoms with Crippen LogP contribution < -0.4 is 9.54 Å². The van der Waals surface area contributed by atoms with E-state index in [9.17, 15) is 4.79 Å². The second-order valence-electron chi connectivity index (χ2n) is 5.13. The van der Waals surface area contributed by atoms with Gasteiger partial charge in [-0.25, -0.2) is 0 Å². The third kappa shape index (κ3) is 3.25. The standard InChI is InChI=1S/C18H18N2O2S2/c1-4-22-14-9-6-10-15-16(14)20(2)18(24-15)19-17(21)12-7-5-8-13(11-12)23-3/h5-11H,4H2,1-3H3. The first kappa shape index (κ1) is 16.8. The largest absolute Gasteiger partial charge is 0.492 e. The lowest BCUT2D eigenvalue weighted by molar-refractivity contribution is 0.0997. The van der Waals surface area contributed by atoms with Crippen LogP contribution in [0.1, 0.15) is 17.3 Å². The zero-order valence-electron chi connectivity index (χ0n) is 13.8. The molecule has 0 aliphatic rings. The van der Waals surface area contributed by atoms with Gasteiger partial charge in [0.1, 0.15) is 11.3 Å². The van der Waals surface area contributed by atoms with Crippen LogP contribution in [0.4, 0.5) is 0 Å². The normalized spacial score (nSPS) is 11.9. The van der Waals surface area contributed by atoms with Crippen molar-refractivity contribution in [3.8, 4) is 5.75 Å². The second-order valence-corrected chi connectivity index (χ2v) is 7.02. The summed E-state index contributed by atoms with van der Waals surface area (Å²) in [6.07, 6.45) is 1.99. The van der Waals surface area contributed by atoms with Crippen LogP contribution in [0.15, 0.2) is 52.4 Å². The molecule has 0 unspecified atom stereocenters. The van der Waals surface area contributed by atoms with E-state index in [1.54, 1.807) is 17.8 Å². The quantitative estimate of drug-likeness (QED) is 0.660. The van der Waals surface area contributed by atoms with E-state index < -0.39 is 0 Å². The molecule has 0 spiro atoms. The summed E-state index contributed by atoms with van der Waals surface area (Å²) < 4.78 is 8.66. The van der Waals surface area contributed by atoms with E-state index in [-0.39, 0.29) is 5.91 Å². The number of fused-ring (bicyclic) bond motifs is 1. The van der Waals surface area contributed by atoms with E-state index in [1.807, 2.05) is 61.2 Å². The van der Waals surface area contributed by atoms with Gasteiger partial charge in [0.15, 0.2) is 4.80 Å². The Labute approximate surface area is 148 Å². The maximum absolute atomic E-state index is 12.5. The molecule has 1 amide bonds. The molecule has 0 aliphatic carbocycles. The number of carbonyl (C=O) groups excluding carboxylic acids is 1. The summed E-state index contributed by atoms with van der Waals surface area (Å²) in [6.45, 7) is 2.56. The van der Waals surface area contributed by atoms with Crippen molar-refractivity contribution in [1.82, 2.24) is 4.57 Å². The number of ether oxygens (including phenoxy) is 1. The van der Waals surface area contributed by atoms with Gasteiger partial charge in [0.05, 0.1) is 11.3 Å². The SMILES string of the molecule is CCOc1cccc2sc(=NC(=O)c3cccc(SC)c3)n(C)c12. The Kier molecular flexibility index (Phi) is 5.06. The van der Waals surface area contributed by atoms with E-state index in [2.05, 4.69) is 4.99 Å². The van der Waals surface area contributed by atoms with E-state index in [0.717, 1.165) is 20.9 Å². The molecule has 0 saturated carbocycles. The fraction of sp³-hybridized carbons (Fsp3) is 0.222. The van der Waals surface area contributed by atoms with Gasteiger partial charge in [-0.1, -0.05) is 23.5 Å². The highest BCUT2D eigenvalue weighted by Gasteiger charge is 2.11. The molecule has 0 bridgehead atoms. The Balaban J connectivity index is 2.08. The van der Waals surface area contributed by atoms with Crippen molar-refractivity contribution < 1.29 is 9.53 Å². The number of amides is 1. The minimum atomic E-state index is -0.231. The number of aryl methyl sites for hydroxylation is 1. The van der Waals surface area contributed by atoms with E-state index in [4.69, 9.17) is 4.74 Å². The smallest absolute Gasteiger partial charge is 0.279 e. The van der Waals surface area contributed by atoms with Gasteiger partial charge in [-0.2, -0.15) is 4.99 Å². The van der Waals surface area contributed by atoms with E-state index in [0.29, 0.717) is 17.0 Å². The molecule has 24 heavy (non-hydrogen) atoms. The summed E-state index contributed by atoms with van der Waals surface area (Å²) in [5.41, 5.74) is 1.57. The third-order valence-electron chi connectivity index (χ3n) is 3.60. The van der Waals surface area contributed by atoms with Crippen molar-refractivity contribution in [2.75, 3.05) is 12.9 Å². The summed E-state index contributed by atoms with van der Waals surface area (Å²) in [5, 5.41) is 0. The van der Waals surface area contributed by atoms with Crippen molar-refractivity contribution in [3.63, 3.8) is 0 Å². The van der Waals surface area contributed by atoms with Crippen molar-refractivity contribution in [2.45, 2.75) is 11.8 Å². The Morgan fingerprint density at radius 1 is 1.29 bits per heavy atom. The molecule has 0 fully saturated rings. The van der Waals surface area contributed by atoms with Crippen LogP contribution >= 0.6 is 23.1 Å². The number of nitrogens with zero attached hydrogens (tertiary/aromatic N) is 2. The maximum atomic E-state index is 12.5. The molecule has 0 N–H and O–H groups in total. The number of thiazole rings is 1. The fourth-order valence-electron chi connectivity index (χ4n) is 2.45. The molecule has 4 nitrogen and oxygen atoms in total. The van der Waals surface area contributed by atoms with Crippen molar-refractivity contribution in [1.29, 1.82) is 0 Å². The molecule has 1 heterocycles. The number of hydrogen-bond donors (Lipinski definition) is 0. The monoisotopic (exact) mass is 358 g/mol. The number of carbonyl (C=O) groups is 1. The summed E-state index contributed by atoms with van der Waals surface area (Å²) in [6, 6.07) is 13.4. The van der Waals surface area contributed by atoms with Gasteiger partial charge < -0.3 is 9.30 Å². The topological polar surface area (TPSA) is 43.6 Å². The highest BCUT2D eigenvalue weighted by Crippen LogP contribution is 2.27. The molecule has 3 rings (SSSR count). The molecule has 0 radical (unpaired) electrons. The summed E-state index contributed by atoms with van der Waals surface area (Å²) in [4.78, 5) is 18.5. The lowest BCUT2D eigenvalue weighted by Crippen LogP contribution is -2.13. The molecule has 0 aliphatic heterocycles. The van der Waals surface area contributed by atoms with Gasteiger partial charge in [0.25, 0.3) is 5.91 Å². The third-order valence-corrected chi connectivity index (χ3v) is 5.42. The first-order valence-electron chi connectivity index (χ1n) is 7.58. The molecular formula is C18H18N2O2S2. The minimum absolute atomic E-state index is 0.231. The minimum Gasteiger partial charge on any atom is -0.492 e. The predicted octanol–water partition coefficient (Wildman–Crippen LogP) is 4.10. The maximum Gasteiger partial charge on any atom is 0.279 e. The van der Waals surface area contributed by atoms with Crippen LogP contribution in [0.3, 0.4) is 0 Å². The van der Waals surface area contributed by atoms with Gasteiger partial charge >= 0.3 is 0 Å². The second kappa shape index (κ2) is 7.23. The molecule has 3 aromatic rings. The van der Waals surface area contributed by atoms with E-state index in [1.165, 1.54) is 11.3 Å². The number of para-hydroxylation sites is 1. The number of hydrogen-bond acceptors (Lipinski definition) is 4. The molecule has 1 aromatic heterocycles. The first-order valence-corrected chi connectivity index (χ1v) is 9.62. The zero-order valence-corrected chi connectivity index (χ0v) is 15.4. The van der Waals surface area contributed by atoms with E-state index >= 15 is 0 Å². The average Bonchev–Trinajstić information content (AvgIpc) is 2.92. The first-order chi connectivity index (χ1) is 11.6. The summed E-state index contributed by atoms with van der Waals surface area (Å²) in [5.74, 6) is 0.582. The lowest BCUT2D eigenvalue weighted by Gasteiger charge is -2.05. The average molecular weight is 358 g/mol. The lowest BCUT2D eigenvalue weighted by atomic mass is 10.2. The summed E-state index contributed by atoms with van der Waals surface area (Å²) >= 11 is 3.10. The van der Waals surface area contributed by atoms with Gasteiger partial charge in [-0.05, 0) is 43.5 Å². The van der Waals surface area contributed by atoms with Crippen molar-refractivity contribution in [2.24, 2.45) is 12.0 Å². The molecule has 124 valence electrons. The Bertz CT molecular complexity index is 957. The summed E-state index contributed by atoms with van der Waals surface area (Å²) in [7, 11) is 1.91. The van der Waals surface area contributed by atoms with Crippen molar-refractivity contribution in [3.05, 3.63) is 52.8 Å². The zero-order chi connectivity index (χ0) is 17.1. The molecule has 6 heteroatoms. The molecular weight excluding hydrogens is 340 g/mol. The number of rotatable bonds is 4. The number of thioether (sulfide) groups is 1. The van der Waals surface area contributed by atoms with Crippen LogP contribution in [-0.4, -0.2) is 23.3 Å². The van der Waals surface area contributed by atoms with Crippen LogP contribution in [0.25, 0.3) is 10.2 Å². The highest BCUT2D eigenvalue weighted by molar-refractivity contribution is 7.98. The van der Waals surface area contributed by atoms with Gasteiger partial charge in [-0.15, -0.1) is 11.8 Å². The molecule has 0 saturated heterocycles. The Hall–Kier alpha value is -2.05. The van der Waals surface area contributed by atoms with Crippen LogP contribution in [0.5, 0.6) is 5.75 Å².